The predicted octanol–water partition coefficient (Wildman–Crippen LogP) is 1.46. The molecule has 1 unspecified atom stereocenters. The van der Waals surface area contributed by atoms with Crippen LogP contribution in [0.5, 0.6) is 0 Å². The third-order valence-electron chi connectivity index (χ3n) is 4.47. The van der Waals surface area contributed by atoms with Gasteiger partial charge in [0.15, 0.2) is 0 Å². The Morgan fingerprint density at radius 1 is 1.10 bits per heavy atom. The van der Waals surface area contributed by atoms with Crippen molar-refractivity contribution in [1.82, 2.24) is 14.7 Å². The Morgan fingerprint density at radius 3 is 2.43 bits per heavy atom. The highest BCUT2D eigenvalue weighted by Gasteiger charge is 2.32. The number of likely N-dealkylation sites (tertiary alicyclic amines) is 1. The molecule has 2 aliphatic heterocycles. The molecular weight excluding hydrogens is 270 g/mol. The van der Waals surface area contributed by atoms with Gasteiger partial charge in [-0.3, -0.25) is 9.69 Å². The molecule has 6 heteroatoms. The van der Waals surface area contributed by atoms with E-state index >= 15 is 0 Å². The van der Waals surface area contributed by atoms with Crippen molar-refractivity contribution in [3.63, 3.8) is 0 Å². The van der Waals surface area contributed by atoms with E-state index in [1.165, 1.54) is 0 Å². The summed E-state index contributed by atoms with van der Waals surface area (Å²) in [4.78, 5) is 29.7. The average molecular weight is 297 g/mol. The Labute approximate surface area is 126 Å². The molecule has 0 bridgehead atoms. The van der Waals surface area contributed by atoms with Crippen LogP contribution in [0.4, 0.5) is 4.79 Å². The Morgan fingerprint density at radius 2 is 1.81 bits per heavy atom. The van der Waals surface area contributed by atoms with Crippen molar-refractivity contribution in [2.45, 2.75) is 45.1 Å². The summed E-state index contributed by atoms with van der Waals surface area (Å²) in [5.74, 6) is -0.813. The number of carbonyl (C=O) groups excluding carboxylic acids is 1. The highest BCUT2D eigenvalue weighted by molar-refractivity contribution is 5.76. The molecule has 0 spiro atoms. The van der Waals surface area contributed by atoms with E-state index in [4.69, 9.17) is 5.11 Å². The number of nitrogens with zero attached hydrogens (tertiary/aromatic N) is 3. The van der Waals surface area contributed by atoms with Crippen LogP contribution in [0.25, 0.3) is 0 Å². The first-order valence-corrected chi connectivity index (χ1v) is 8.11. The molecule has 6 nitrogen and oxygen atoms in total. The Hall–Kier alpha value is -1.30. The van der Waals surface area contributed by atoms with Crippen molar-refractivity contribution in [2.75, 3.05) is 39.3 Å². The third kappa shape index (κ3) is 4.33. The summed E-state index contributed by atoms with van der Waals surface area (Å²) in [5, 5.41) is 9.01. The maximum absolute atomic E-state index is 12.6. The van der Waals surface area contributed by atoms with Crippen LogP contribution in [0.2, 0.25) is 0 Å². The zero-order valence-electron chi connectivity index (χ0n) is 13.0. The summed E-state index contributed by atoms with van der Waals surface area (Å²) in [5.41, 5.74) is 0. The maximum Gasteiger partial charge on any atom is 0.320 e. The van der Waals surface area contributed by atoms with Gasteiger partial charge < -0.3 is 14.9 Å². The number of carbonyl (C=O) groups is 2. The lowest BCUT2D eigenvalue weighted by molar-refractivity contribution is -0.138. The quantitative estimate of drug-likeness (QED) is 0.853. The lowest BCUT2D eigenvalue weighted by Crippen LogP contribution is -2.56. The van der Waals surface area contributed by atoms with E-state index in [2.05, 4.69) is 11.8 Å². The summed E-state index contributed by atoms with van der Waals surface area (Å²) < 4.78 is 0. The first kappa shape index (κ1) is 16.1. The average Bonchev–Trinajstić information content (AvgIpc) is 2.48. The number of piperazine rings is 1. The van der Waals surface area contributed by atoms with E-state index in [-0.39, 0.29) is 18.5 Å². The van der Waals surface area contributed by atoms with Crippen LogP contribution in [0.3, 0.4) is 0 Å². The molecule has 2 amide bonds. The zero-order valence-corrected chi connectivity index (χ0v) is 13.0. The number of carboxylic acid groups (broad SMARTS) is 1. The molecule has 2 fully saturated rings. The molecule has 0 aromatic heterocycles. The van der Waals surface area contributed by atoms with Crippen LogP contribution in [0, 0.1) is 0 Å². The van der Waals surface area contributed by atoms with Crippen molar-refractivity contribution in [3.05, 3.63) is 0 Å². The van der Waals surface area contributed by atoms with E-state index in [9.17, 15) is 9.59 Å². The summed E-state index contributed by atoms with van der Waals surface area (Å²) >= 11 is 0. The van der Waals surface area contributed by atoms with Crippen LogP contribution in [0.15, 0.2) is 0 Å². The maximum atomic E-state index is 12.6. The van der Waals surface area contributed by atoms with Gasteiger partial charge in [0.25, 0.3) is 0 Å². The Balaban J connectivity index is 1.90. The van der Waals surface area contributed by atoms with Crippen molar-refractivity contribution < 1.29 is 14.7 Å². The minimum absolute atomic E-state index is 0.0390. The Bertz CT molecular complexity index is 367. The number of carboxylic acids is 1. The second kappa shape index (κ2) is 7.64. The monoisotopic (exact) mass is 297 g/mol. The summed E-state index contributed by atoms with van der Waals surface area (Å²) in [6.45, 7) is 7.33. The second-order valence-electron chi connectivity index (χ2n) is 6.05. The first-order chi connectivity index (χ1) is 10.1. The summed E-state index contributed by atoms with van der Waals surface area (Å²) in [7, 11) is 0. The molecule has 1 atom stereocenters. The van der Waals surface area contributed by atoms with Crippen LogP contribution in [-0.2, 0) is 4.79 Å². The lowest BCUT2D eigenvalue weighted by Gasteiger charge is -2.41. The molecule has 2 rings (SSSR count). The molecule has 0 aliphatic carbocycles. The van der Waals surface area contributed by atoms with E-state index < -0.39 is 5.97 Å². The molecular formula is C15H27N3O3. The van der Waals surface area contributed by atoms with Crippen molar-refractivity contribution >= 4 is 12.0 Å². The summed E-state index contributed by atoms with van der Waals surface area (Å²) in [6, 6.07) is -0.0884. The number of aliphatic carboxylic acids is 1. The predicted molar refractivity (Wildman–Crippen MR) is 80.3 cm³/mol. The number of amides is 2. The SMILES string of the molecule is CCCN1CCN(C(=O)N2CCCCC2CC(=O)O)CC1. The first-order valence-electron chi connectivity index (χ1n) is 8.11. The minimum atomic E-state index is -0.813. The fourth-order valence-electron chi connectivity index (χ4n) is 3.33. The molecule has 0 radical (unpaired) electrons. The van der Waals surface area contributed by atoms with Crippen LogP contribution < -0.4 is 0 Å². The van der Waals surface area contributed by atoms with Crippen molar-refractivity contribution in [2.24, 2.45) is 0 Å². The Kier molecular flexibility index (Phi) is 5.85. The lowest BCUT2D eigenvalue weighted by atomic mass is 10.00. The van der Waals surface area contributed by atoms with E-state index in [1.54, 1.807) is 4.90 Å². The molecule has 0 saturated carbocycles. The van der Waals surface area contributed by atoms with Crippen LogP contribution >= 0.6 is 0 Å². The topological polar surface area (TPSA) is 64.1 Å². The van der Waals surface area contributed by atoms with Gasteiger partial charge >= 0.3 is 12.0 Å². The number of hydrogen-bond acceptors (Lipinski definition) is 3. The number of piperidine rings is 1. The third-order valence-corrected chi connectivity index (χ3v) is 4.47. The largest absolute Gasteiger partial charge is 0.481 e. The van der Waals surface area contributed by atoms with Gasteiger partial charge in [-0.2, -0.15) is 0 Å². The van der Waals surface area contributed by atoms with Crippen molar-refractivity contribution in [1.29, 1.82) is 0 Å². The van der Waals surface area contributed by atoms with Gasteiger partial charge in [-0.1, -0.05) is 6.92 Å². The van der Waals surface area contributed by atoms with Gasteiger partial charge in [0.05, 0.1) is 6.42 Å². The molecule has 120 valence electrons. The molecule has 1 N–H and O–H groups in total. The molecule has 21 heavy (non-hydrogen) atoms. The highest BCUT2D eigenvalue weighted by Crippen LogP contribution is 2.21. The molecule has 0 aromatic carbocycles. The number of hydrogen-bond donors (Lipinski definition) is 1. The van der Waals surface area contributed by atoms with Crippen molar-refractivity contribution in [3.8, 4) is 0 Å². The van der Waals surface area contributed by atoms with Gasteiger partial charge in [-0.15, -0.1) is 0 Å². The smallest absolute Gasteiger partial charge is 0.320 e. The van der Waals surface area contributed by atoms with Crippen LogP contribution in [-0.4, -0.2) is 77.1 Å². The fraction of sp³-hybridized carbons (Fsp3) is 0.867. The van der Waals surface area contributed by atoms with E-state index in [1.807, 2.05) is 4.90 Å². The van der Waals surface area contributed by atoms with Gasteiger partial charge in [0.2, 0.25) is 0 Å². The molecule has 0 aromatic rings. The molecule has 2 aliphatic rings. The van der Waals surface area contributed by atoms with Gasteiger partial charge in [-0.05, 0) is 32.2 Å². The van der Waals surface area contributed by atoms with E-state index in [0.29, 0.717) is 6.54 Å². The number of urea groups is 1. The molecule has 2 heterocycles. The summed E-state index contributed by atoms with van der Waals surface area (Å²) in [6.07, 6.45) is 4.03. The normalized spacial score (nSPS) is 24.1. The van der Waals surface area contributed by atoms with Crippen LogP contribution in [0.1, 0.15) is 39.0 Å². The zero-order chi connectivity index (χ0) is 15.2. The molecule has 2 saturated heterocycles. The minimum Gasteiger partial charge on any atom is -0.481 e. The van der Waals surface area contributed by atoms with Gasteiger partial charge in [0, 0.05) is 38.8 Å². The fourth-order valence-corrected chi connectivity index (χ4v) is 3.33. The number of rotatable bonds is 4. The standard InChI is InChI=1S/C15H27N3O3/c1-2-6-16-8-10-17(11-9-16)15(21)18-7-4-3-5-13(18)12-14(19)20/h13H,2-12H2,1H3,(H,19,20). The second-order valence-corrected chi connectivity index (χ2v) is 6.05. The van der Waals surface area contributed by atoms with Gasteiger partial charge in [0.1, 0.15) is 0 Å². The highest BCUT2D eigenvalue weighted by atomic mass is 16.4. The van der Waals surface area contributed by atoms with Gasteiger partial charge in [-0.25, -0.2) is 4.79 Å². The van der Waals surface area contributed by atoms with E-state index in [0.717, 1.165) is 58.4 Å².